The zero-order valence-electron chi connectivity index (χ0n) is 14.5. The number of carbonyl (C=O) groups excluding carboxylic acids is 1. The molecule has 4 nitrogen and oxygen atoms in total. The summed E-state index contributed by atoms with van der Waals surface area (Å²) in [5.74, 6) is 0.798. The Kier molecular flexibility index (Phi) is 6.29. The van der Waals surface area contributed by atoms with Crippen LogP contribution in [0.4, 0.5) is 10.5 Å². The number of ether oxygens (including phenoxy) is 1. The van der Waals surface area contributed by atoms with Crippen LogP contribution < -0.4 is 9.80 Å². The Morgan fingerprint density at radius 1 is 1.21 bits per heavy atom. The van der Waals surface area contributed by atoms with Crippen molar-refractivity contribution in [2.75, 3.05) is 11.3 Å². The molecule has 0 atom stereocenters. The summed E-state index contributed by atoms with van der Waals surface area (Å²) in [7, 11) is 0. The number of hydrogen-bond acceptors (Lipinski definition) is 4. The summed E-state index contributed by atoms with van der Waals surface area (Å²) in [6.07, 6.45) is 2.47. The van der Waals surface area contributed by atoms with Crippen LogP contribution in [0.3, 0.4) is 0 Å². The summed E-state index contributed by atoms with van der Waals surface area (Å²) in [5.41, 5.74) is 4.52. The molecule has 24 heavy (non-hydrogen) atoms. The molecule has 2 aromatic carbocycles. The fourth-order valence-electron chi connectivity index (χ4n) is 2.45. The quantitative estimate of drug-likeness (QED) is 0.603. The molecule has 0 bridgehead atoms. The van der Waals surface area contributed by atoms with Gasteiger partial charge in [0.15, 0.2) is 0 Å². The lowest BCUT2D eigenvalue weighted by Crippen LogP contribution is -2.24. The molecule has 0 unspecified atom stereocenters. The molecule has 2 aromatic rings. The van der Waals surface area contributed by atoms with Crippen molar-refractivity contribution in [3.8, 4) is 5.75 Å². The molecule has 0 spiro atoms. The van der Waals surface area contributed by atoms with E-state index in [9.17, 15) is 10.0 Å². The maximum absolute atomic E-state index is 11.8. The first kappa shape index (κ1) is 18.4. The number of carbonyl (C=O) groups is 1. The van der Waals surface area contributed by atoms with Gasteiger partial charge in [-0.15, -0.1) is 0 Å². The monoisotopic (exact) mass is 345 g/mol. The smallest absolute Gasteiger partial charge is 0.309 e. The van der Waals surface area contributed by atoms with Crippen molar-refractivity contribution in [2.24, 2.45) is 0 Å². The lowest BCUT2D eigenvalue weighted by Gasteiger charge is -2.19. The standard InChI is InChI=1S/C19H23NO3S/c1-5-15-7-8-16(17(11-15)20(22)19(21)24-4)12-23-18-9-6-13(2)10-14(18)3/h6-11,22H,5,12H2,1-4H3. The fraction of sp³-hybridized carbons (Fsp3) is 0.316. The average molecular weight is 345 g/mol. The van der Waals surface area contributed by atoms with Crippen LogP contribution in [-0.2, 0) is 13.0 Å². The van der Waals surface area contributed by atoms with E-state index in [0.717, 1.165) is 40.6 Å². The first-order valence-electron chi connectivity index (χ1n) is 7.85. The predicted octanol–water partition coefficient (Wildman–Crippen LogP) is 5.12. The van der Waals surface area contributed by atoms with Crippen LogP contribution >= 0.6 is 11.8 Å². The van der Waals surface area contributed by atoms with Crippen LogP contribution in [0.15, 0.2) is 36.4 Å². The van der Waals surface area contributed by atoms with E-state index >= 15 is 0 Å². The van der Waals surface area contributed by atoms with Gasteiger partial charge in [0, 0.05) is 5.56 Å². The summed E-state index contributed by atoms with van der Waals surface area (Å²) >= 11 is 0.965. The van der Waals surface area contributed by atoms with Crippen LogP contribution in [0.2, 0.25) is 0 Å². The molecule has 0 aromatic heterocycles. The first-order chi connectivity index (χ1) is 11.5. The van der Waals surface area contributed by atoms with E-state index in [4.69, 9.17) is 4.74 Å². The number of nitrogens with zero attached hydrogens (tertiary/aromatic N) is 1. The SMILES string of the molecule is CCc1ccc(COc2ccc(C)cc2C)c(N(O)C(=O)SC)c1. The van der Waals surface area contributed by atoms with Crippen molar-refractivity contribution in [1.29, 1.82) is 0 Å². The van der Waals surface area contributed by atoms with Gasteiger partial charge >= 0.3 is 5.24 Å². The second-order valence-corrected chi connectivity index (χ2v) is 6.41. The van der Waals surface area contributed by atoms with E-state index < -0.39 is 5.24 Å². The van der Waals surface area contributed by atoms with Crippen molar-refractivity contribution < 1.29 is 14.7 Å². The van der Waals surface area contributed by atoms with Gasteiger partial charge in [0.1, 0.15) is 12.4 Å². The first-order valence-corrected chi connectivity index (χ1v) is 9.07. The topological polar surface area (TPSA) is 49.8 Å². The second kappa shape index (κ2) is 8.22. The molecule has 0 aliphatic heterocycles. The Hall–Kier alpha value is -1.98. The third kappa shape index (κ3) is 4.30. The summed E-state index contributed by atoms with van der Waals surface area (Å²) in [5, 5.41) is 10.5. The minimum absolute atomic E-state index is 0.280. The summed E-state index contributed by atoms with van der Waals surface area (Å²) in [4.78, 5) is 11.8. The minimum Gasteiger partial charge on any atom is -0.489 e. The Morgan fingerprint density at radius 2 is 1.96 bits per heavy atom. The van der Waals surface area contributed by atoms with Gasteiger partial charge in [0.2, 0.25) is 0 Å². The van der Waals surface area contributed by atoms with Crippen LogP contribution in [0.1, 0.15) is 29.2 Å². The van der Waals surface area contributed by atoms with Gasteiger partial charge in [-0.05, 0) is 49.8 Å². The fourth-order valence-corrected chi connectivity index (χ4v) is 2.72. The maximum Gasteiger partial charge on any atom is 0.309 e. The Balaban J connectivity index is 2.27. The molecule has 0 aliphatic rings. The third-order valence-corrected chi connectivity index (χ3v) is 4.37. The molecule has 0 radical (unpaired) electrons. The number of benzene rings is 2. The van der Waals surface area contributed by atoms with Gasteiger partial charge in [-0.3, -0.25) is 10.0 Å². The highest BCUT2D eigenvalue weighted by molar-refractivity contribution is 8.13. The maximum atomic E-state index is 11.8. The molecular formula is C19H23NO3S. The van der Waals surface area contributed by atoms with Gasteiger partial charge < -0.3 is 4.74 Å². The van der Waals surface area contributed by atoms with Gasteiger partial charge in [-0.25, -0.2) is 0 Å². The van der Waals surface area contributed by atoms with Crippen molar-refractivity contribution in [1.82, 2.24) is 0 Å². The lowest BCUT2D eigenvalue weighted by molar-refractivity contribution is 0.223. The van der Waals surface area contributed by atoms with Crippen molar-refractivity contribution in [3.63, 3.8) is 0 Å². The number of aryl methyl sites for hydroxylation is 3. The summed E-state index contributed by atoms with van der Waals surface area (Å²) < 4.78 is 5.90. The van der Waals surface area contributed by atoms with Gasteiger partial charge in [0.05, 0.1) is 5.69 Å². The van der Waals surface area contributed by atoms with Gasteiger partial charge in [-0.2, -0.15) is 5.06 Å². The number of rotatable bonds is 5. The van der Waals surface area contributed by atoms with Crippen LogP contribution in [0.25, 0.3) is 0 Å². The van der Waals surface area contributed by atoms with E-state index in [1.54, 1.807) is 6.26 Å². The van der Waals surface area contributed by atoms with E-state index in [2.05, 4.69) is 6.07 Å². The highest BCUT2D eigenvalue weighted by Gasteiger charge is 2.17. The molecule has 0 fully saturated rings. The molecular weight excluding hydrogens is 322 g/mol. The molecule has 0 heterocycles. The number of hydroxylamine groups is 1. The Bertz CT molecular complexity index is 731. The highest BCUT2D eigenvalue weighted by atomic mass is 32.2. The van der Waals surface area contributed by atoms with E-state index in [0.29, 0.717) is 10.8 Å². The molecule has 2 rings (SSSR count). The molecule has 1 amide bonds. The zero-order chi connectivity index (χ0) is 17.7. The third-order valence-electron chi connectivity index (χ3n) is 3.85. The van der Waals surface area contributed by atoms with Crippen LogP contribution in [-0.4, -0.2) is 16.7 Å². The zero-order valence-corrected chi connectivity index (χ0v) is 15.3. The van der Waals surface area contributed by atoms with E-state index in [1.807, 2.05) is 51.1 Å². The van der Waals surface area contributed by atoms with Gasteiger partial charge in [-0.1, -0.05) is 48.5 Å². The summed E-state index contributed by atoms with van der Waals surface area (Å²) in [6, 6.07) is 11.7. The van der Waals surface area contributed by atoms with Crippen molar-refractivity contribution in [3.05, 3.63) is 58.7 Å². The molecule has 0 aliphatic carbocycles. The van der Waals surface area contributed by atoms with E-state index in [1.165, 1.54) is 5.56 Å². The highest BCUT2D eigenvalue weighted by Crippen LogP contribution is 2.27. The number of thioether (sulfide) groups is 1. The number of anilines is 1. The normalized spacial score (nSPS) is 10.5. The Morgan fingerprint density at radius 3 is 2.58 bits per heavy atom. The van der Waals surface area contributed by atoms with Crippen molar-refractivity contribution >= 4 is 22.7 Å². The molecule has 0 saturated heterocycles. The number of amides is 1. The molecule has 5 heteroatoms. The van der Waals surface area contributed by atoms with Gasteiger partial charge in [0.25, 0.3) is 0 Å². The number of hydrogen-bond donors (Lipinski definition) is 1. The van der Waals surface area contributed by atoms with Crippen LogP contribution in [0, 0.1) is 13.8 Å². The predicted molar refractivity (Wildman–Crippen MR) is 99.2 cm³/mol. The van der Waals surface area contributed by atoms with Crippen LogP contribution in [0.5, 0.6) is 5.75 Å². The molecule has 1 N–H and O–H groups in total. The second-order valence-electron chi connectivity index (χ2n) is 5.66. The minimum atomic E-state index is -0.420. The largest absolute Gasteiger partial charge is 0.489 e. The lowest BCUT2D eigenvalue weighted by atomic mass is 10.1. The molecule has 128 valence electrons. The average Bonchev–Trinajstić information content (AvgIpc) is 2.59. The molecule has 0 saturated carbocycles. The van der Waals surface area contributed by atoms with Crippen molar-refractivity contribution in [2.45, 2.75) is 33.8 Å². The Labute approximate surface area is 147 Å². The summed E-state index contributed by atoms with van der Waals surface area (Å²) in [6.45, 7) is 6.35. The van der Waals surface area contributed by atoms with E-state index in [-0.39, 0.29) is 6.61 Å².